The Bertz CT molecular complexity index is 2710. The van der Waals surface area contributed by atoms with Crippen LogP contribution in [0.4, 0.5) is 15.3 Å². The highest BCUT2D eigenvalue weighted by Gasteiger charge is 2.38. The molecule has 3 amide bonds. The molecule has 1 heterocycles. The van der Waals surface area contributed by atoms with E-state index in [9.17, 15) is 28.8 Å². The second-order valence-electron chi connectivity index (χ2n) is 19.2. The quantitative estimate of drug-likeness (QED) is 0.0422. The van der Waals surface area contributed by atoms with Crippen molar-refractivity contribution in [1.29, 1.82) is 0 Å². The minimum atomic E-state index is -0.879. The van der Waals surface area contributed by atoms with Gasteiger partial charge in [-0.1, -0.05) is 72.8 Å². The first-order valence-corrected chi connectivity index (χ1v) is 23.2. The lowest BCUT2D eigenvalue weighted by Gasteiger charge is -2.37. The second-order valence-corrected chi connectivity index (χ2v) is 19.2. The maximum Gasteiger partial charge on any atom is 0.414 e. The van der Waals surface area contributed by atoms with Gasteiger partial charge in [0.15, 0.2) is 0 Å². The molecule has 5 aromatic carbocycles. The number of hydrogen-bond acceptors (Lipinski definition) is 12. The van der Waals surface area contributed by atoms with Gasteiger partial charge in [0.25, 0.3) is 0 Å². The van der Waals surface area contributed by atoms with Gasteiger partial charge < -0.3 is 28.6 Å². The van der Waals surface area contributed by atoms with Crippen molar-refractivity contribution in [3.05, 3.63) is 166 Å². The molecule has 70 heavy (non-hydrogen) atoms. The number of aliphatic imine (C=N–C) groups is 1. The number of carbonyl (C=O) groups excluding carboxylic acids is 6. The van der Waals surface area contributed by atoms with Crippen molar-refractivity contribution in [2.75, 3.05) is 0 Å². The van der Waals surface area contributed by atoms with Crippen molar-refractivity contribution >= 4 is 47.6 Å². The molecule has 1 unspecified atom stereocenters. The predicted molar refractivity (Wildman–Crippen MR) is 260 cm³/mol. The standard InChI is InChI=1S/C55H58N4O11/c1-54(2,3)69-52(64)57-51(58-53(65)70-55(4,5)6)56-43-24-22-37(23-25-43)49(62)68-44-26-27-45-39(29-44)18-13-19-40(45)31-47(60)59-32-42-28-41(48(61)66-33-35-14-9-7-10-15-35)21-20-38(42)30-46(59)50(63)67-34-36-16-11-8-12-17-36/h7-12,14-17,20-29,40,46H,13,18-19,30-34H2,1-6H3,(H2,56,57,58,64,65)/t40?,46-/m1/s1. The average Bonchev–Trinajstić information content (AvgIpc) is 3.31. The highest BCUT2D eigenvalue weighted by molar-refractivity contribution is 6.02. The molecule has 0 saturated heterocycles. The molecular formula is C55H58N4O11. The summed E-state index contributed by atoms with van der Waals surface area (Å²) in [7, 11) is 0. The lowest BCUT2D eigenvalue weighted by molar-refractivity contribution is -0.157. The van der Waals surface area contributed by atoms with E-state index >= 15 is 0 Å². The number of guanidine groups is 1. The summed E-state index contributed by atoms with van der Waals surface area (Å²) >= 11 is 0. The Kier molecular flexibility index (Phi) is 15.8. The van der Waals surface area contributed by atoms with Gasteiger partial charge in [0, 0.05) is 19.4 Å². The Hall–Kier alpha value is -7.81. The van der Waals surface area contributed by atoms with Crippen LogP contribution in [0.3, 0.4) is 0 Å². The molecule has 0 radical (unpaired) electrons. The SMILES string of the molecule is CC(C)(C)OC(=O)NC(=Nc1ccc(C(=O)Oc2ccc3c(c2)CCCC3CC(=O)N2Cc3cc(C(=O)OCc4ccccc4)ccc3C[C@@H]2C(=O)OCc2ccccc2)cc1)NC(=O)OC(C)(C)C. The fraction of sp³-hybridized carbons (Fsp3) is 0.327. The Balaban J connectivity index is 1.03. The van der Waals surface area contributed by atoms with Crippen LogP contribution in [0, 0.1) is 0 Å². The summed E-state index contributed by atoms with van der Waals surface area (Å²) in [6.45, 7) is 10.5. The molecule has 1 aliphatic heterocycles. The van der Waals surface area contributed by atoms with Gasteiger partial charge in [-0.25, -0.2) is 29.0 Å². The van der Waals surface area contributed by atoms with Crippen LogP contribution in [0.25, 0.3) is 0 Å². The number of amides is 3. The number of hydrogen-bond donors (Lipinski definition) is 2. The molecule has 7 rings (SSSR count). The van der Waals surface area contributed by atoms with Gasteiger partial charge >= 0.3 is 30.1 Å². The van der Waals surface area contributed by atoms with Crippen LogP contribution in [0.5, 0.6) is 5.75 Å². The fourth-order valence-electron chi connectivity index (χ4n) is 8.17. The molecule has 0 spiro atoms. The highest BCUT2D eigenvalue weighted by Crippen LogP contribution is 2.38. The number of aryl methyl sites for hydroxylation is 1. The van der Waals surface area contributed by atoms with Gasteiger partial charge in [0.05, 0.1) is 16.8 Å². The zero-order valence-electron chi connectivity index (χ0n) is 40.2. The summed E-state index contributed by atoms with van der Waals surface area (Å²) in [5, 5.41) is 4.86. The van der Waals surface area contributed by atoms with Crippen molar-refractivity contribution in [2.45, 2.75) is 117 Å². The number of alkyl carbamates (subject to hydrolysis) is 2. The largest absolute Gasteiger partial charge is 0.459 e. The summed E-state index contributed by atoms with van der Waals surface area (Å²) in [5.74, 6) is -1.94. The average molecular weight is 951 g/mol. The molecule has 0 saturated carbocycles. The van der Waals surface area contributed by atoms with Crippen LogP contribution >= 0.6 is 0 Å². The molecule has 5 aromatic rings. The Morgan fingerprint density at radius 2 is 1.24 bits per heavy atom. The normalized spacial score (nSPS) is 15.2. The molecule has 0 aromatic heterocycles. The molecule has 2 N–H and O–H groups in total. The van der Waals surface area contributed by atoms with Gasteiger partial charge in [0.1, 0.15) is 36.2 Å². The third-order valence-electron chi connectivity index (χ3n) is 11.4. The smallest absolute Gasteiger partial charge is 0.414 e. The molecule has 364 valence electrons. The zero-order chi connectivity index (χ0) is 50.0. The van der Waals surface area contributed by atoms with Crippen molar-refractivity contribution in [2.24, 2.45) is 4.99 Å². The number of ether oxygens (including phenoxy) is 5. The Morgan fingerprint density at radius 1 is 0.643 bits per heavy atom. The van der Waals surface area contributed by atoms with Crippen LogP contribution in [0.15, 0.2) is 126 Å². The molecule has 1 aliphatic carbocycles. The van der Waals surface area contributed by atoms with Crippen molar-refractivity contribution < 1.29 is 52.5 Å². The van der Waals surface area contributed by atoms with E-state index in [-0.39, 0.29) is 55.9 Å². The molecule has 15 nitrogen and oxygen atoms in total. The predicted octanol–water partition coefficient (Wildman–Crippen LogP) is 9.81. The molecule has 0 bridgehead atoms. The summed E-state index contributed by atoms with van der Waals surface area (Å²) in [4.78, 5) is 85.9. The van der Waals surface area contributed by atoms with Crippen LogP contribution in [0.2, 0.25) is 0 Å². The number of benzene rings is 5. The number of fused-ring (bicyclic) bond motifs is 2. The fourth-order valence-corrected chi connectivity index (χ4v) is 8.17. The zero-order valence-corrected chi connectivity index (χ0v) is 40.2. The Labute approximate surface area is 407 Å². The number of nitrogens with zero attached hydrogens (tertiary/aromatic N) is 2. The lowest BCUT2D eigenvalue weighted by Crippen LogP contribution is -2.49. The third kappa shape index (κ3) is 14.1. The van der Waals surface area contributed by atoms with Crippen LogP contribution in [-0.4, -0.2) is 64.1 Å². The number of esters is 3. The minimum Gasteiger partial charge on any atom is -0.459 e. The summed E-state index contributed by atoms with van der Waals surface area (Å²) in [6, 6.07) is 34.6. The first-order chi connectivity index (χ1) is 33.4. The van der Waals surface area contributed by atoms with Crippen molar-refractivity contribution in [3.8, 4) is 5.75 Å². The molecule has 2 aliphatic rings. The molecule has 2 atom stereocenters. The molecular weight excluding hydrogens is 893 g/mol. The van der Waals surface area contributed by atoms with Crippen LogP contribution in [0.1, 0.15) is 121 Å². The number of rotatable bonds is 11. The van der Waals surface area contributed by atoms with Crippen LogP contribution < -0.4 is 15.4 Å². The highest BCUT2D eigenvalue weighted by atomic mass is 16.6. The molecule has 0 fully saturated rings. The van der Waals surface area contributed by atoms with E-state index in [1.807, 2.05) is 78.9 Å². The maximum absolute atomic E-state index is 14.5. The summed E-state index contributed by atoms with van der Waals surface area (Å²) in [6.07, 6.45) is 0.887. The van der Waals surface area contributed by atoms with Gasteiger partial charge in [-0.05, 0) is 149 Å². The van der Waals surface area contributed by atoms with E-state index in [0.29, 0.717) is 23.4 Å². The van der Waals surface area contributed by atoms with E-state index in [2.05, 4.69) is 15.6 Å². The third-order valence-corrected chi connectivity index (χ3v) is 11.4. The summed E-state index contributed by atoms with van der Waals surface area (Å²) in [5.41, 5.74) is 4.42. The van der Waals surface area contributed by atoms with Crippen molar-refractivity contribution in [3.63, 3.8) is 0 Å². The van der Waals surface area contributed by atoms with E-state index in [1.165, 1.54) is 24.3 Å². The van der Waals surface area contributed by atoms with Crippen LogP contribution in [-0.2, 0) is 61.1 Å². The topological polar surface area (TPSA) is 188 Å². The van der Waals surface area contributed by atoms with Gasteiger partial charge in [0.2, 0.25) is 11.9 Å². The minimum absolute atomic E-state index is 0.0606. The van der Waals surface area contributed by atoms with Gasteiger partial charge in [-0.2, -0.15) is 0 Å². The van der Waals surface area contributed by atoms with Gasteiger partial charge in [-0.3, -0.25) is 15.4 Å². The Morgan fingerprint density at radius 3 is 1.86 bits per heavy atom. The second kappa shape index (κ2) is 22.1. The van der Waals surface area contributed by atoms with Gasteiger partial charge in [-0.15, -0.1) is 0 Å². The number of carbonyl (C=O) groups is 6. The summed E-state index contributed by atoms with van der Waals surface area (Å²) < 4.78 is 27.8. The van der Waals surface area contributed by atoms with E-state index in [1.54, 1.807) is 64.6 Å². The number of nitrogens with one attached hydrogen (secondary N) is 2. The van der Waals surface area contributed by atoms with E-state index in [4.69, 9.17) is 23.7 Å². The molecule has 15 heteroatoms. The first kappa shape index (κ1) is 50.1. The van der Waals surface area contributed by atoms with E-state index in [0.717, 1.165) is 46.2 Å². The maximum atomic E-state index is 14.5. The van der Waals surface area contributed by atoms with E-state index < -0.39 is 47.3 Å². The van der Waals surface area contributed by atoms with Crippen molar-refractivity contribution in [1.82, 2.24) is 15.5 Å². The monoisotopic (exact) mass is 950 g/mol. The lowest BCUT2D eigenvalue weighted by atomic mass is 9.80. The first-order valence-electron chi connectivity index (χ1n) is 23.2.